The van der Waals surface area contributed by atoms with Crippen LogP contribution >= 0.6 is 0 Å². The van der Waals surface area contributed by atoms with Crippen LogP contribution in [-0.4, -0.2) is 32.6 Å². The fraction of sp³-hybridized carbons (Fsp3) is 1.00. The van der Waals surface area contributed by atoms with E-state index in [0.717, 1.165) is 6.26 Å². The molecule has 0 aromatic carbocycles. The lowest BCUT2D eigenvalue weighted by atomic mass is 9.88. The molecule has 0 aromatic heterocycles. The zero-order valence-corrected chi connectivity index (χ0v) is 9.90. The second-order valence-electron chi connectivity index (χ2n) is 4.13. The highest BCUT2D eigenvalue weighted by molar-refractivity contribution is 7.90. The summed E-state index contributed by atoms with van der Waals surface area (Å²) in [7, 11) is -2.99. The molecule has 0 bridgehead atoms. The fourth-order valence-electron chi connectivity index (χ4n) is 1.25. The standard InChI is InChI=1S/C9H20FNO2S/c1-8(2)9(10,7-11)5-4-6-14(3,12)13/h8H,4-7,11H2,1-3H3. The number of halogens is 1. The summed E-state index contributed by atoms with van der Waals surface area (Å²) < 4.78 is 35.5. The van der Waals surface area contributed by atoms with Crippen LogP contribution in [0.5, 0.6) is 0 Å². The average molecular weight is 225 g/mol. The highest BCUT2D eigenvalue weighted by Gasteiger charge is 2.31. The molecule has 0 amide bonds. The Balaban J connectivity index is 4.10. The van der Waals surface area contributed by atoms with Crippen LogP contribution in [0.15, 0.2) is 0 Å². The lowest BCUT2D eigenvalue weighted by Gasteiger charge is -2.27. The van der Waals surface area contributed by atoms with E-state index in [0.29, 0.717) is 6.42 Å². The van der Waals surface area contributed by atoms with Gasteiger partial charge in [0.05, 0.1) is 0 Å². The number of hydrogen-bond acceptors (Lipinski definition) is 3. The molecule has 2 N–H and O–H groups in total. The summed E-state index contributed by atoms with van der Waals surface area (Å²) in [6.45, 7) is 3.47. The normalized spacial score (nSPS) is 17.0. The molecule has 0 aliphatic carbocycles. The third kappa shape index (κ3) is 4.91. The predicted molar refractivity (Wildman–Crippen MR) is 56.7 cm³/mol. The van der Waals surface area contributed by atoms with E-state index in [1.54, 1.807) is 13.8 Å². The zero-order valence-electron chi connectivity index (χ0n) is 9.09. The van der Waals surface area contributed by atoms with E-state index in [1.165, 1.54) is 0 Å². The first-order valence-corrected chi connectivity index (χ1v) is 6.84. The molecule has 0 rings (SSSR count). The summed E-state index contributed by atoms with van der Waals surface area (Å²) in [5, 5.41) is 0. The van der Waals surface area contributed by atoms with Crippen LogP contribution < -0.4 is 5.73 Å². The Labute approximate surface area is 85.8 Å². The van der Waals surface area contributed by atoms with Gasteiger partial charge in [0.2, 0.25) is 0 Å². The Morgan fingerprint density at radius 3 is 2.21 bits per heavy atom. The summed E-state index contributed by atoms with van der Waals surface area (Å²) in [5.41, 5.74) is 3.91. The minimum atomic E-state index is -2.99. The van der Waals surface area contributed by atoms with Gasteiger partial charge in [-0.15, -0.1) is 0 Å². The van der Waals surface area contributed by atoms with Crippen molar-refractivity contribution in [2.75, 3.05) is 18.6 Å². The van der Waals surface area contributed by atoms with Crippen molar-refractivity contribution in [3.63, 3.8) is 0 Å². The molecule has 1 unspecified atom stereocenters. The van der Waals surface area contributed by atoms with Gasteiger partial charge in [-0.25, -0.2) is 12.8 Å². The van der Waals surface area contributed by atoms with E-state index in [4.69, 9.17) is 5.73 Å². The van der Waals surface area contributed by atoms with Gasteiger partial charge in [0.15, 0.2) is 0 Å². The first kappa shape index (κ1) is 13.8. The van der Waals surface area contributed by atoms with Crippen molar-refractivity contribution in [3.8, 4) is 0 Å². The maximum Gasteiger partial charge on any atom is 0.147 e. The van der Waals surface area contributed by atoms with Crippen LogP contribution in [-0.2, 0) is 9.84 Å². The largest absolute Gasteiger partial charge is 0.328 e. The number of hydrogen-bond donors (Lipinski definition) is 1. The van der Waals surface area contributed by atoms with Crippen LogP contribution in [0.1, 0.15) is 26.7 Å². The van der Waals surface area contributed by atoms with Gasteiger partial charge >= 0.3 is 0 Å². The van der Waals surface area contributed by atoms with Crippen LogP contribution in [0, 0.1) is 5.92 Å². The summed E-state index contributed by atoms with van der Waals surface area (Å²) in [6, 6.07) is 0. The van der Waals surface area contributed by atoms with E-state index < -0.39 is 15.5 Å². The van der Waals surface area contributed by atoms with Gasteiger partial charge in [0.25, 0.3) is 0 Å². The smallest absolute Gasteiger partial charge is 0.147 e. The summed E-state index contributed by atoms with van der Waals surface area (Å²) in [4.78, 5) is 0. The first-order chi connectivity index (χ1) is 6.21. The zero-order chi connectivity index (χ0) is 11.4. The third-order valence-corrected chi connectivity index (χ3v) is 3.51. The molecule has 0 saturated carbocycles. The molecule has 86 valence electrons. The molecule has 14 heavy (non-hydrogen) atoms. The monoisotopic (exact) mass is 225 g/mol. The average Bonchev–Trinajstić information content (AvgIpc) is 2.01. The quantitative estimate of drug-likeness (QED) is 0.737. The molecule has 5 heteroatoms. The maximum absolute atomic E-state index is 13.9. The van der Waals surface area contributed by atoms with E-state index in [2.05, 4.69) is 0 Å². The Morgan fingerprint density at radius 2 is 1.93 bits per heavy atom. The molecule has 0 fully saturated rings. The van der Waals surface area contributed by atoms with Crippen LogP contribution in [0.25, 0.3) is 0 Å². The van der Waals surface area contributed by atoms with E-state index >= 15 is 0 Å². The van der Waals surface area contributed by atoms with Gasteiger partial charge in [0, 0.05) is 18.6 Å². The molecule has 0 saturated heterocycles. The van der Waals surface area contributed by atoms with Crippen molar-refractivity contribution < 1.29 is 12.8 Å². The van der Waals surface area contributed by atoms with E-state index in [-0.39, 0.29) is 24.6 Å². The van der Waals surface area contributed by atoms with Crippen molar-refractivity contribution in [2.45, 2.75) is 32.4 Å². The van der Waals surface area contributed by atoms with Gasteiger partial charge in [-0.1, -0.05) is 13.8 Å². The van der Waals surface area contributed by atoms with Crippen molar-refractivity contribution in [1.82, 2.24) is 0 Å². The molecule has 0 radical (unpaired) electrons. The number of nitrogens with two attached hydrogens (primary N) is 1. The molecule has 0 aromatic rings. The lowest BCUT2D eigenvalue weighted by molar-refractivity contribution is 0.0982. The minimum Gasteiger partial charge on any atom is -0.328 e. The third-order valence-electron chi connectivity index (χ3n) is 2.48. The van der Waals surface area contributed by atoms with Gasteiger partial charge in [0.1, 0.15) is 15.5 Å². The van der Waals surface area contributed by atoms with Crippen molar-refractivity contribution in [2.24, 2.45) is 11.7 Å². The summed E-state index contributed by atoms with van der Waals surface area (Å²) in [5.74, 6) is -0.141. The fourth-order valence-corrected chi connectivity index (χ4v) is 1.92. The second-order valence-corrected chi connectivity index (χ2v) is 6.39. The van der Waals surface area contributed by atoms with E-state index in [1.807, 2.05) is 0 Å². The van der Waals surface area contributed by atoms with Crippen molar-refractivity contribution in [3.05, 3.63) is 0 Å². The molecule has 3 nitrogen and oxygen atoms in total. The molecular weight excluding hydrogens is 205 g/mol. The Bertz CT molecular complexity index is 264. The molecule has 0 heterocycles. The van der Waals surface area contributed by atoms with Gasteiger partial charge < -0.3 is 5.73 Å². The molecule has 1 atom stereocenters. The number of alkyl halides is 1. The van der Waals surface area contributed by atoms with Gasteiger partial charge in [-0.3, -0.25) is 0 Å². The van der Waals surface area contributed by atoms with Crippen LogP contribution in [0.3, 0.4) is 0 Å². The molecular formula is C9H20FNO2S. The molecule has 0 aliphatic heterocycles. The SMILES string of the molecule is CC(C)C(F)(CN)CCCS(C)(=O)=O. The van der Waals surface area contributed by atoms with Gasteiger partial charge in [-0.2, -0.15) is 0 Å². The highest BCUT2D eigenvalue weighted by atomic mass is 32.2. The maximum atomic E-state index is 13.9. The van der Waals surface area contributed by atoms with Crippen LogP contribution in [0.2, 0.25) is 0 Å². The second kappa shape index (κ2) is 5.07. The summed E-state index contributed by atoms with van der Waals surface area (Å²) in [6.07, 6.45) is 1.71. The lowest BCUT2D eigenvalue weighted by Crippen LogP contribution is -2.38. The van der Waals surface area contributed by atoms with Gasteiger partial charge in [-0.05, 0) is 18.8 Å². The van der Waals surface area contributed by atoms with E-state index in [9.17, 15) is 12.8 Å². The van der Waals surface area contributed by atoms with Crippen molar-refractivity contribution in [1.29, 1.82) is 0 Å². The Morgan fingerprint density at radius 1 is 1.43 bits per heavy atom. The predicted octanol–water partition coefficient (Wildman–Crippen LogP) is 1.13. The molecule has 0 spiro atoms. The molecule has 0 aliphatic rings. The van der Waals surface area contributed by atoms with Crippen LogP contribution in [0.4, 0.5) is 4.39 Å². The summed E-state index contributed by atoms with van der Waals surface area (Å²) >= 11 is 0. The Kier molecular flexibility index (Phi) is 5.01. The topological polar surface area (TPSA) is 60.2 Å². The number of rotatable bonds is 6. The van der Waals surface area contributed by atoms with Crippen molar-refractivity contribution >= 4 is 9.84 Å². The minimum absolute atomic E-state index is 0.0331. The highest BCUT2D eigenvalue weighted by Crippen LogP contribution is 2.26. The Hall–Kier alpha value is -0.160. The first-order valence-electron chi connectivity index (χ1n) is 4.78. The number of sulfone groups is 1.